The number of carboxylic acids is 1. The van der Waals surface area contributed by atoms with Crippen LogP contribution in [0.25, 0.3) is 0 Å². The summed E-state index contributed by atoms with van der Waals surface area (Å²) in [4.78, 5) is 54.2. The number of carbonyl (C=O) groups excluding carboxylic acids is 3. The first-order valence-corrected chi connectivity index (χ1v) is 12.4. The summed E-state index contributed by atoms with van der Waals surface area (Å²) in [5.74, 6) is -3.47. The van der Waals surface area contributed by atoms with Crippen LogP contribution in [0.4, 0.5) is 0 Å². The van der Waals surface area contributed by atoms with E-state index in [0.29, 0.717) is 25.8 Å². The number of guanidine groups is 1. The van der Waals surface area contributed by atoms with E-state index in [-0.39, 0.29) is 31.8 Å². The average molecular weight is 537 g/mol. The Morgan fingerprint density at radius 2 is 1.42 bits per heavy atom. The van der Waals surface area contributed by atoms with E-state index in [4.69, 9.17) is 28.0 Å². The Hall–Kier alpha value is -3.75. The summed E-state index contributed by atoms with van der Waals surface area (Å²) < 4.78 is 0. The zero-order valence-corrected chi connectivity index (χ0v) is 21.3. The van der Waals surface area contributed by atoms with Crippen LogP contribution in [0.15, 0.2) is 35.3 Å². The molecule has 212 valence electrons. The van der Waals surface area contributed by atoms with Crippen molar-refractivity contribution in [2.45, 2.75) is 62.7 Å². The van der Waals surface area contributed by atoms with Crippen LogP contribution in [-0.2, 0) is 25.6 Å². The predicted octanol–water partition coefficient (Wildman–Crippen LogP) is -2.73. The molecule has 3 amide bonds. The Morgan fingerprint density at radius 1 is 0.842 bits per heavy atom. The van der Waals surface area contributed by atoms with Crippen LogP contribution < -0.4 is 38.9 Å². The number of benzene rings is 1. The molecule has 38 heavy (non-hydrogen) atoms. The summed E-state index contributed by atoms with van der Waals surface area (Å²) >= 11 is 0. The zero-order valence-electron chi connectivity index (χ0n) is 21.3. The van der Waals surface area contributed by atoms with Gasteiger partial charge in [-0.2, -0.15) is 0 Å². The number of nitrogens with zero attached hydrogens (tertiary/aromatic N) is 1. The summed E-state index contributed by atoms with van der Waals surface area (Å²) in [6.07, 6.45) is 1.74. The number of hydrogen-bond acceptors (Lipinski definition) is 8. The van der Waals surface area contributed by atoms with E-state index in [9.17, 15) is 24.3 Å². The number of hydrogen-bond donors (Lipinski definition) is 9. The van der Waals surface area contributed by atoms with Gasteiger partial charge in [0, 0.05) is 13.0 Å². The number of carbonyl (C=O) groups is 4. The Morgan fingerprint density at radius 3 is 2.00 bits per heavy atom. The minimum atomic E-state index is -1.25. The molecule has 0 aliphatic heterocycles. The summed E-state index contributed by atoms with van der Waals surface area (Å²) in [6.45, 7) is -0.0364. The van der Waals surface area contributed by atoms with Crippen LogP contribution in [0.2, 0.25) is 0 Å². The van der Waals surface area contributed by atoms with Crippen LogP contribution in [0.1, 0.15) is 37.7 Å². The predicted molar refractivity (Wildman–Crippen MR) is 141 cm³/mol. The van der Waals surface area contributed by atoms with Gasteiger partial charge in [0.05, 0.1) is 6.61 Å². The highest BCUT2D eigenvalue weighted by Crippen LogP contribution is 2.08. The van der Waals surface area contributed by atoms with Gasteiger partial charge in [-0.05, 0) is 44.2 Å². The lowest BCUT2D eigenvalue weighted by Gasteiger charge is -2.25. The van der Waals surface area contributed by atoms with Crippen molar-refractivity contribution >= 4 is 29.7 Å². The van der Waals surface area contributed by atoms with Gasteiger partial charge in [0.25, 0.3) is 0 Å². The molecule has 4 atom stereocenters. The second-order valence-corrected chi connectivity index (χ2v) is 8.73. The van der Waals surface area contributed by atoms with Crippen molar-refractivity contribution in [3.8, 4) is 0 Å². The maximum atomic E-state index is 13.2. The van der Waals surface area contributed by atoms with Crippen molar-refractivity contribution in [2.75, 3.05) is 19.7 Å². The lowest BCUT2D eigenvalue weighted by molar-refractivity contribution is -0.142. The standard InChI is InChI=1S/C24H40N8O6/c25-11-5-4-9-17(30-20(34)16(26)14-33)21(35)32-19(13-15-7-2-1-3-8-15)22(36)31-18(23(37)38)10-6-12-29-24(27)28/h1-3,7-8,16-19,33H,4-6,9-14,25-26H2,(H,30,34)(H,31,36)(H,32,35)(H,37,38)(H4,27,28,29). The SMILES string of the molecule is NCCCCC(NC(=O)C(N)CO)C(=O)NC(Cc1ccccc1)C(=O)NC(CCCN=C(N)N)C(=O)O. The van der Waals surface area contributed by atoms with Gasteiger partial charge in [0.1, 0.15) is 24.2 Å². The Kier molecular flexibility index (Phi) is 15.0. The second-order valence-electron chi connectivity index (χ2n) is 8.73. The van der Waals surface area contributed by atoms with Crippen molar-refractivity contribution in [1.82, 2.24) is 16.0 Å². The van der Waals surface area contributed by atoms with Gasteiger partial charge in [-0.1, -0.05) is 30.3 Å². The van der Waals surface area contributed by atoms with Gasteiger partial charge < -0.3 is 49.1 Å². The molecule has 0 spiro atoms. The van der Waals surface area contributed by atoms with Gasteiger partial charge in [-0.15, -0.1) is 0 Å². The molecule has 13 N–H and O–H groups in total. The zero-order chi connectivity index (χ0) is 28.5. The minimum Gasteiger partial charge on any atom is -0.480 e. The number of aliphatic carboxylic acids is 1. The number of nitrogens with two attached hydrogens (primary N) is 4. The normalized spacial score (nSPS) is 13.9. The molecule has 1 rings (SSSR count). The summed E-state index contributed by atoms with van der Waals surface area (Å²) in [6, 6.07) is 4.19. The van der Waals surface area contributed by atoms with E-state index in [1.165, 1.54) is 0 Å². The fraction of sp³-hybridized carbons (Fsp3) is 0.542. The van der Waals surface area contributed by atoms with E-state index in [1.807, 2.05) is 0 Å². The van der Waals surface area contributed by atoms with Crippen molar-refractivity contribution in [3.63, 3.8) is 0 Å². The number of unbranched alkanes of at least 4 members (excludes halogenated alkanes) is 1. The molecule has 0 aromatic heterocycles. The van der Waals surface area contributed by atoms with E-state index in [2.05, 4.69) is 20.9 Å². The average Bonchev–Trinajstić information content (AvgIpc) is 2.88. The Bertz CT molecular complexity index is 926. The third kappa shape index (κ3) is 12.5. The topological polar surface area (TPSA) is 261 Å². The number of aliphatic imine (C=N–C) groups is 1. The number of aliphatic hydroxyl groups excluding tert-OH is 1. The van der Waals surface area contributed by atoms with Gasteiger partial charge in [-0.25, -0.2) is 4.79 Å². The lowest BCUT2D eigenvalue weighted by Crippen LogP contribution is -2.58. The third-order valence-electron chi connectivity index (χ3n) is 5.59. The van der Waals surface area contributed by atoms with Crippen molar-refractivity contribution in [3.05, 3.63) is 35.9 Å². The minimum absolute atomic E-state index is 0.0562. The molecule has 14 heteroatoms. The maximum absolute atomic E-state index is 13.2. The lowest BCUT2D eigenvalue weighted by atomic mass is 10.0. The molecule has 0 aliphatic carbocycles. The number of rotatable bonds is 18. The molecular formula is C24H40N8O6. The van der Waals surface area contributed by atoms with Crippen LogP contribution in [-0.4, -0.2) is 83.7 Å². The van der Waals surface area contributed by atoms with Crippen LogP contribution in [0.5, 0.6) is 0 Å². The van der Waals surface area contributed by atoms with E-state index in [0.717, 1.165) is 5.56 Å². The monoisotopic (exact) mass is 536 g/mol. The highest BCUT2D eigenvalue weighted by Gasteiger charge is 2.30. The molecule has 0 heterocycles. The molecular weight excluding hydrogens is 496 g/mol. The molecule has 0 aliphatic rings. The molecule has 0 fully saturated rings. The quantitative estimate of drug-likeness (QED) is 0.0531. The molecule has 0 bridgehead atoms. The Balaban J connectivity index is 3.07. The number of carboxylic acid groups (broad SMARTS) is 1. The highest BCUT2D eigenvalue weighted by molar-refractivity contribution is 5.94. The smallest absolute Gasteiger partial charge is 0.326 e. The summed E-state index contributed by atoms with van der Waals surface area (Å²) in [5, 5.41) is 26.4. The van der Waals surface area contributed by atoms with Crippen molar-refractivity contribution in [1.29, 1.82) is 0 Å². The molecule has 0 radical (unpaired) electrons. The first-order valence-electron chi connectivity index (χ1n) is 12.4. The largest absolute Gasteiger partial charge is 0.480 e. The number of aliphatic hydroxyl groups is 1. The fourth-order valence-corrected chi connectivity index (χ4v) is 3.49. The van der Waals surface area contributed by atoms with E-state index < -0.39 is 54.5 Å². The van der Waals surface area contributed by atoms with Crippen LogP contribution >= 0.6 is 0 Å². The summed E-state index contributed by atoms with van der Waals surface area (Å²) in [7, 11) is 0. The van der Waals surface area contributed by atoms with Gasteiger partial charge >= 0.3 is 5.97 Å². The van der Waals surface area contributed by atoms with Gasteiger partial charge in [-0.3, -0.25) is 19.4 Å². The first-order chi connectivity index (χ1) is 18.1. The van der Waals surface area contributed by atoms with Crippen LogP contribution in [0.3, 0.4) is 0 Å². The Labute approximate surface area is 221 Å². The van der Waals surface area contributed by atoms with Crippen LogP contribution in [0, 0.1) is 0 Å². The molecule has 1 aromatic carbocycles. The van der Waals surface area contributed by atoms with E-state index >= 15 is 0 Å². The molecule has 14 nitrogen and oxygen atoms in total. The highest BCUT2D eigenvalue weighted by atomic mass is 16.4. The molecule has 1 aromatic rings. The molecule has 0 saturated heterocycles. The van der Waals surface area contributed by atoms with Crippen molar-refractivity contribution in [2.24, 2.45) is 27.9 Å². The summed E-state index contributed by atoms with van der Waals surface area (Å²) in [5.41, 5.74) is 22.4. The third-order valence-corrected chi connectivity index (χ3v) is 5.59. The molecule has 0 saturated carbocycles. The molecule has 4 unspecified atom stereocenters. The fourth-order valence-electron chi connectivity index (χ4n) is 3.49. The van der Waals surface area contributed by atoms with Gasteiger partial charge in [0.2, 0.25) is 17.7 Å². The maximum Gasteiger partial charge on any atom is 0.326 e. The second kappa shape index (κ2) is 17.7. The number of amides is 3. The van der Waals surface area contributed by atoms with Crippen molar-refractivity contribution < 1.29 is 29.4 Å². The van der Waals surface area contributed by atoms with E-state index in [1.54, 1.807) is 30.3 Å². The first kappa shape index (κ1) is 32.3. The van der Waals surface area contributed by atoms with Gasteiger partial charge in [0.15, 0.2) is 5.96 Å². The number of nitrogens with one attached hydrogen (secondary N) is 3.